The molecule has 4 heteroatoms. The Morgan fingerprint density at radius 1 is 1.44 bits per heavy atom. The van der Waals surface area contributed by atoms with Crippen LogP contribution in [0.4, 0.5) is 11.4 Å². The zero-order valence-corrected chi connectivity index (χ0v) is 9.76. The standard InChI is InChI=1S/C12H16N2O2/c1-6-4-7(2)10-11(9(6)13)16-5-8(3)12(15)14-10/h4,8H,5,13H2,1-3H3,(H,14,15). The molecule has 1 heterocycles. The van der Waals surface area contributed by atoms with Gasteiger partial charge in [-0.25, -0.2) is 0 Å². The Hall–Kier alpha value is -1.71. The fourth-order valence-corrected chi connectivity index (χ4v) is 1.80. The SMILES string of the molecule is Cc1cc(C)c2c(c1N)OCC(C)C(=O)N2. The van der Waals surface area contributed by atoms with Crippen molar-refractivity contribution < 1.29 is 9.53 Å². The van der Waals surface area contributed by atoms with Gasteiger partial charge in [0.2, 0.25) is 5.91 Å². The highest BCUT2D eigenvalue weighted by atomic mass is 16.5. The highest BCUT2D eigenvalue weighted by Crippen LogP contribution is 2.38. The van der Waals surface area contributed by atoms with Crippen LogP contribution in [0.15, 0.2) is 6.07 Å². The van der Waals surface area contributed by atoms with Crippen molar-refractivity contribution in [2.45, 2.75) is 20.8 Å². The maximum atomic E-state index is 11.7. The zero-order valence-electron chi connectivity index (χ0n) is 9.76. The largest absolute Gasteiger partial charge is 0.488 e. The number of benzene rings is 1. The van der Waals surface area contributed by atoms with Crippen molar-refractivity contribution in [2.24, 2.45) is 5.92 Å². The number of ether oxygens (including phenoxy) is 1. The van der Waals surface area contributed by atoms with Gasteiger partial charge < -0.3 is 15.8 Å². The summed E-state index contributed by atoms with van der Waals surface area (Å²) < 4.78 is 5.62. The number of aryl methyl sites for hydroxylation is 2. The Bertz CT molecular complexity index is 455. The minimum absolute atomic E-state index is 0.0231. The summed E-state index contributed by atoms with van der Waals surface area (Å²) in [6.07, 6.45) is 0. The van der Waals surface area contributed by atoms with Crippen molar-refractivity contribution in [3.8, 4) is 5.75 Å². The fraction of sp³-hybridized carbons (Fsp3) is 0.417. The molecular formula is C12H16N2O2. The summed E-state index contributed by atoms with van der Waals surface area (Å²) in [6.45, 7) is 6.07. The molecule has 2 rings (SSSR count). The zero-order chi connectivity index (χ0) is 11.9. The summed E-state index contributed by atoms with van der Waals surface area (Å²) in [5.41, 5.74) is 9.22. The van der Waals surface area contributed by atoms with E-state index >= 15 is 0 Å². The fourth-order valence-electron chi connectivity index (χ4n) is 1.80. The van der Waals surface area contributed by atoms with Crippen LogP contribution in [0.25, 0.3) is 0 Å². The van der Waals surface area contributed by atoms with Gasteiger partial charge in [-0.2, -0.15) is 0 Å². The summed E-state index contributed by atoms with van der Waals surface area (Å²) in [7, 11) is 0. The number of hydrogen-bond acceptors (Lipinski definition) is 3. The number of fused-ring (bicyclic) bond motifs is 1. The molecule has 1 amide bonds. The number of nitrogens with one attached hydrogen (secondary N) is 1. The molecular weight excluding hydrogens is 204 g/mol. The van der Waals surface area contributed by atoms with Crippen molar-refractivity contribution >= 4 is 17.3 Å². The number of amides is 1. The molecule has 1 unspecified atom stereocenters. The van der Waals surface area contributed by atoms with E-state index in [1.165, 1.54) is 0 Å². The molecule has 1 aliphatic heterocycles. The lowest BCUT2D eigenvalue weighted by molar-refractivity contribution is -0.119. The normalized spacial score (nSPS) is 19.4. The Balaban J connectivity index is 2.57. The van der Waals surface area contributed by atoms with E-state index in [-0.39, 0.29) is 11.8 Å². The number of carbonyl (C=O) groups is 1. The van der Waals surface area contributed by atoms with Gasteiger partial charge in [-0.15, -0.1) is 0 Å². The van der Waals surface area contributed by atoms with E-state index in [1.807, 2.05) is 26.8 Å². The van der Waals surface area contributed by atoms with Crippen molar-refractivity contribution in [3.63, 3.8) is 0 Å². The molecule has 1 aromatic carbocycles. The second-order valence-corrected chi connectivity index (χ2v) is 4.33. The molecule has 0 radical (unpaired) electrons. The first-order valence-electron chi connectivity index (χ1n) is 5.34. The van der Waals surface area contributed by atoms with E-state index in [2.05, 4.69) is 5.32 Å². The third-order valence-electron chi connectivity index (χ3n) is 2.90. The monoisotopic (exact) mass is 220 g/mol. The van der Waals surface area contributed by atoms with E-state index in [0.29, 0.717) is 23.7 Å². The minimum Gasteiger partial charge on any atom is -0.488 e. The van der Waals surface area contributed by atoms with E-state index in [4.69, 9.17) is 10.5 Å². The van der Waals surface area contributed by atoms with Crippen LogP contribution in [0.1, 0.15) is 18.1 Å². The molecule has 0 aliphatic carbocycles. The van der Waals surface area contributed by atoms with Gasteiger partial charge in [0, 0.05) is 0 Å². The Morgan fingerprint density at radius 2 is 2.12 bits per heavy atom. The summed E-state index contributed by atoms with van der Waals surface area (Å²) in [6, 6.07) is 1.95. The van der Waals surface area contributed by atoms with E-state index in [9.17, 15) is 4.79 Å². The molecule has 86 valence electrons. The highest BCUT2D eigenvalue weighted by molar-refractivity contribution is 5.97. The maximum Gasteiger partial charge on any atom is 0.230 e. The molecule has 0 bridgehead atoms. The molecule has 1 aliphatic rings. The van der Waals surface area contributed by atoms with Crippen LogP contribution >= 0.6 is 0 Å². The summed E-state index contributed by atoms with van der Waals surface area (Å²) >= 11 is 0. The number of nitrogen functional groups attached to an aromatic ring is 1. The maximum absolute atomic E-state index is 11.7. The first kappa shape index (κ1) is 10.8. The minimum atomic E-state index is -0.161. The summed E-state index contributed by atoms with van der Waals surface area (Å²) in [4.78, 5) is 11.7. The lowest BCUT2D eigenvalue weighted by Crippen LogP contribution is -2.22. The van der Waals surface area contributed by atoms with Gasteiger partial charge in [0.05, 0.1) is 23.9 Å². The van der Waals surface area contributed by atoms with Gasteiger partial charge in [-0.3, -0.25) is 4.79 Å². The van der Waals surface area contributed by atoms with Crippen LogP contribution in [-0.2, 0) is 4.79 Å². The van der Waals surface area contributed by atoms with E-state index < -0.39 is 0 Å². The average molecular weight is 220 g/mol. The predicted octanol–water partition coefficient (Wildman–Crippen LogP) is 1.85. The predicted molar refractivity (Wildman–Crippen MR) is 63.6 cm³/mol. The van der Waals surface area contributed by atoms with Crippen molar-refractivity contribution in [1.29, 1.82) is 0 Å². The highest BCUT2D eigenvalue weighted by Gasteiger charge is 2.24. The number of anilines is 2. The van der Waals surface area contributed by atoms with Crippen molar-refractivity contribution in [1.82, 2.24) is 0 Å². The second kappa shape index (κ2) is 3.70. The molecule has 1 aromatic rings. The Morgan fingerprint density at radius 3 is 2.81 bits per heavy atom. The second-order valence-electron chi connectivity index (χ2n) is 4.33. The van der Waals surface area contributed by atoms with Crippen LogP contribution in [0.3, 0.4) is 0 Å². The molecule has 0 saturated carbocycles. The van der Waals surface area contributed by atoms with Gasteiger partial charge >= 0.3 is 0 Å². The van der Waals surface area contributed by atoms with Crippen LogP contribution < -0.4 is 15.8 Å². The van der Waals surface area contributed by atoms with E-state index in [0.717, 1.165) is 11.1 Å². The third kappa shape index (κ3) is 1.60. The number of nitrogens with two attached hydrogens (primary N) is 1. The molecule has 0 saturated heterocycles. The molecule has 0 spiro atoms. The van der Waals surface area contributed by atoms with Gasteiger partial charge in [-0.1, -0.05) is 13.0 Å². The first-order chi connectivity index (χ1) is 7.50. The first-order valence-corrected chi connectivity index (χ1v) is 5.34. The summed E-state index contributed by atoms with van der Waals surface area (Å²) in [5.74, 6) is 0.423. The lowest BCUT2D eigenvalue weighted by atomic mass is 10.1. The molecule has 0 aromatic heterocycles. The molecule has 3 N–H and O–H groups in total. The number of carbonyl (C=O) groups excluding carboxylic acids is 1. The van der Waals surface area contributed by atoms with Crippen molar-refractivity contribution in [3.05, 3.63) is 17.2 Å². The quantitative estimate of drug-likeness (QED) is 0.656. The van der Waals surface area contributed by atoms with Crippen molar-refractivity contribution in [2.75, 3.05) is 17.7 Å². The average Bonchev–Trinajstić information content (AvgIpc) is 2.37. The number of hydrogen-bond donors (Lipinski definition) is 2. The smallest absolute Gasteiger partial charge is 0.230 e. The topological polar surface area (TPSA) is 64.3 Å². The summed E-state index contributed by atoms with van der Waals surface area (Å²) in [5, 5.41) is 2.86. The van der Waals surface area contributed by atoms with Gasteiger partial charge in [0.1, 0.15) is 0 Å². The van der Waals surface area contributed by atoms with Gasteiger partial charge in [0.15, 0.2) is 5.75 Å². The molecule has 0 fully saturated rings. The van der Waals surface area contributed by atoms with Crippen LogP contribution in [0, 0.1) is 19.8 Å². The Labute approximate surface area is 94.8 Å². The number of rotatable bonds is 0. The third-order valence-corrected chi connectivity index (χ3v) is 2.90. The Kier molecular flexibility index (Phi) is 2.50. The lowest BCUT2D eigenvalue weighted by Gasteiger charge is -2.14. The molecule has 16 heavy (non-hydrogen) atoms. The van der Waals surface area contributed by atoms with Crippen LogP contribution in [-0.4, -0.2) is 12.5 Å². The van der Waals surface area contributed by atoms with Crippen LogP contribution in [0.5, 0.6) is 5.75 Å². The van der Waals surface area contributed by atoms with E-state index in [1.54, 1.807) is 0 Å². The van der Waals surface area contributed by atoms with Crippen LogP contribution in [0.2, 0.25) is 0 Å². The van der Waals surface area contributed by atoms with Gasteiger partial charge in [-0.05, 0) is 25.0 Å². The molecule has 1 atom stereocenters. The molecule has 4 nitrogen and oxygen atoms in total. The van der Waals surface area contributed by atoms with Gasteiger partial charge in [0.25, 0.3) is 0 Å².